The van der Waals surface area contributed by atoms with Gasteiger partial charge in [-0.2, -0.15) is 0 Å². The van der Waals surface area contributed by atoms with E-state index >= 15 is 0 Å². The lowest BCUT2D eigenvalue weighted by atomic mass is 9.53. The molecule has 4 bridgehead atoms. The van der Waals surface area contributed by atoms with Crippen LogP contribution in [-0.4, -0.2) is 14.9 Å². The van der Waals surface area contributed by atoms with Gasteiger partial charge in [0.05, 0.1) is 23.6 Å². The number of hydrogen-bond donors (Lipinski definition) is 2. The zero-order chi connectivity index (χ0) is 20.3. The Morgan fingerprint density at radius 3 is 2.47 bits per heavy atom. The van der Waals surface area contributed by atoms with E-state index < -0.39 is 0 Å². The van der Waals surface area contributed by atoms with Crippen molar-refractivity contribution in [1.82, 2.24) is 9.38 Å². The van der Waals surface area contributed by atoms with Gasteiger partial charge < -0.3 is 10.6 Å². The highest BCUT2D eigenvalue weighted by Gasteiger charge is 2.51. The average molecular weight is 421 g/mol. The Kier molecular flexibility index (Phi) is 4.20. The molecule has 0 amide bonds. The first-order valence-corrected chi connectivity index (χ1v) is 12.0. The maximum Gasteiger partial charge on any atom is 0.259 e. The Bertz CT molecular complexity index is 1130. The van der Waals surface area contributed by atoms with Crippen molar-refractivity contribution in [3.63, 3.8) is 0 Å². The molecule has 4 fully saturated rings. The van der Waals surface area contributed by atoms with E-state index in [1.165, 1.54) is 55.5 Å². The van der Waals surface area contributed by atoms with Gasteiger partial charge in [0, 0.05) is 22.7 Å². The normalized spacial score (nSPS) is 29.4. The van der Waals surface area contributed by atoms with Gasteiger partial charge in [-0.15, -0.1) is 11.3 Å². The van der Waals surface area contributed by atoms with Crippen molar-refractivity contribution in [1.29, 1.82) is 0 Å². The van der Waals surface area contributed by atoms with Crippen LogP contribution in [-0.2, 0) is 6.54 Å². The number of anilines is 2. The van der Waals surface area contributed by atoms with E-state index in [-0.39, 0.29) is 11.1 Å². The second-order valence-electron chi connectivity index (χ2n) is 9.80. The molecule has 0 aliphatic heterocycles. The van der Waals surface area contributed by atoms with Crippen molar-refractivity contribution in [3.8, 4) is 0 Å². The fourth-order valence-electron chi connectivity index (χ4n) is 6.67. The molecule has 0 radical (unpaired) electrons. The summed E-state index contributed by atoms with van der Waals surface area (Å²) in [7, 11) is 0. The van der Waals surface area contributed by atoms with Crippen LogP contribution in [0.5, 0.6) is 0 Å². The van der Waals surface area contributed by atoms with E-state index in [1.807, 2.05) is 12.3 Å². The molecule has 2 aromatic heterocycles. The van der Waals surface area contributed by atoms with Crippen LogP contribution in [0, 0.1) is 24.7 Å². The summed E-state index contributed by atoms with van der Waals surface area (Å²) in [4.78, 5) is 17.9. The number of nitrogens with one attached hydrogen (secondary N) is 2. The number of benzene rings is 1. The molecule has 156 valence electrons. The number of hydrogen-bond acceptors (Lipinski definition) is 5. The summed E-state index contributed by atoms with van der Waals surface area (Å²) in [6.07, 6.45) is 8.31. The summed E-state index contributed by atoms with van der Waals surface area (Å²) < 4.78 is 1.68. The van der Waals surface area contributed by atoms with E-state index in [0.29, 0.717) is 6.54 Å². The number of thiazole rings is 1. The maximum atomic E-state index is 12.5. The lowest BCUT2D eigenvalue weighted by Crippen LogP contribution is -2.54. The number of aryl methyl sites for hydroxylation is 1. The van der Waals surface area contributed by atoms with Gasteiger partial charge in [-0.3, -0.25) is 9.20 Å². The molecular weight excluding hydrogens is 392 g/mol. The molecule has 4 aliphatic rings. The van der Waals surface area contributed by atoms with Crippen LogP contribution in [0.2, 0.25) is 0 Å². The first-order valence-electron chi connectivity index (χ1n) is 11.1. The van der Waals surface area contributed by atoms with Gasteiger partial charge >= 0.3 is 0 Å². The number of rotatable bonds is 5. The predicted octanol–water partition coefficient (Wildman–Crippen LogP) is 5.06. The summed E-state index contributed by atoms with van der Waals surface area (Å²) in [5.41, 5.74) is 4.28. The molecule has 4 aliphatic carbocycles. The minimum Gasteiger partial charge on any atom is -0.378 e. The molecule has 4 saturated carbocycles. The molecule has 5 nitrogen and oxygen atoms in total. The first-order chi connectivity index (χ1) is 14.6. The van der Waals surface area contributed by atoms with Gasteiger partial charge in [0.15, 0.2) is 4.96 Å². The number of fused-ring (bicyclic) bond motifs is 1. The third-order valence-corrected chi connectivity index (χ3v) is 8.40. The van der Waals surface area contributed by atoms with Crippen LogP contribution >= 0.6 is 11.3 Å². The van der Waals surface area contributed by atoms with Crippen molar-refractivity contribution in [2.45, 2.75) is 57.5 Å². The van der Waals surface area contributed by atoms with Gasteiger partial charge in [-0.1, -0.05) is 12.1 Å². The molecule has 0 unspecified atom stereocenters. The number of aromatic nitrogens is 2. The van der Waals surface area contributed by atoms with Gasteiger partial charge in [0.25, 0.3) is 5.56 Å². The molecule has 2 N–H and O–H groups in total. The lowest BCUT2D eigenvalue weighted by molar-refractivity contribution is 0.0107. The summed E-state index contributed by atoms with van der Waals surface area (Å²) >= 11 is 1.52. The SMILES string of the molecule is Cc1csc2nc(CNc3ccccc3NC34CC5CC(CC(C5)C3)C4)cc(=O)n12. The number of para-hydroxylation sites is 2. The Labute approximate surface area is 180 Å². The minimum atomic E-state index is -0.00414. The van der Waals surface area contributed by atoms with Crippen molar-refractivity contribution in [2.24, 2.45) is 17.8 Å². The average Bonchev–Trinajstić information content (AvgIpc) is 3.07. The van der Waals surface area contributed by atoms with Gasteiger partial charge in [-0.05, 0) is 75.3 Å². The maximum absolute atomic E-state index is 12.5. The molecule has 1 aromatic carbocycles. The zero-order valence-electron chi connectivity index (χ0n) is 17.4. The molecule has 7 rings (SSSR count). The Balaban J connectivity index is 1.23. The minimum absolute atomic E-state index is 0.00414. The van der Waals surface area contributed by atoms with E-state index in [2.05, 4.69) is 39.9 Å². The number of nitrogens with zero attached hydrogens (tertiary/aromatic N) is 2. The summed E-state index contributed by atoms with van der Waals surface area (Å²) in [5, 5.41) is 9.51. The fraction of sp³-hybridized carbons (Fsp3) is 0.500. The highest BCUT2D eigenvalue weighted by atomic mass is 32.1. The highest BCUT2D eigenvalue weighted by molar-refractivity contribution is 7.15. The molecule has 0 spiro atoms. The van der Waals surface area contributed by atoms with Crippen molar-refractivity contribution in [2.75, 3.05) is 10.6 Å². The second-order valence-corrected chi connectivity index (χ2v) is 10.6. The van der Waals surface area contributed by atoms with Crippen LogP contribution in [0.3, 0.4) is 0 Å². The molecule has 0 saturated heterocycles. The molecule has 6 heteroatoms. The van der Waals surface area contributed by atoms with Crippen molar-refractivity contribution in [3.05, 3.63) is 57.5 Å². The van der Waals surface area contributed by atoms with Crippen LogP contribution in [0.4, 0.5) is 11.4 Å². The van der Waals surface area contributed by atoms with E-state index in [4.69, 9.17) is 0 Å². The predicted molar refractivity (Wildman–Crippen MR) is 122 cm³/mol. The third kappa shape index (κ3) is 3.13. The molecule has 30 heavy (non-hydrogen) atoms. The van der Waals surface area contributed by atoms with E-state index in [0.717, 1.165) is 39.8 Å². The molecular formula is C24H28N4OS. The lowest BCUT2D eigenvalue weighted by Gasteiger charge is -2.57. The van der Waals surface area contributed by atoms with Crippen LogP contribution in [0.15, 0.2) is 40.5 Å². The Morgan fingerprint density at radius 1 is 1.10 bits per heavy atom. The van der Waals surface area contributed by atoms with Crippen LogP contribution < -0.4 is 16.2 Å². The summed E-state index contributed by atoms with van der Waals surface area (Å²) in [6, 6.07) is 10.1. The first kappa shape index (κ1) is 18.4. The van der Waals surface area contributed by atoms with Gasteiger partial charge in [-0.25, -0.2) is 4.98 Å². The smallest absolute Gasteiger partial charge is 0.259 e. The zero-order valence-corrected chi connectivity index (χ0v) is 18.2. The van der Waals surface area contributed by atoms with E-state index in [1.54, 1.807) is 10.5 Å². The van der Waals surface area contributed by atoms with Gasteiger partial charge in [0.1, 0.15) is 0 Å². The largest absolute Gasteiger partial charge is 0.378 e. The summed E-state index contributed by atoms with van der Waals surface area (Å²) in [5.74, 6) is 2.76. The Hall–Kier alpha value is -2.34. The standard InChI is InChI=1S/C24H28N4OS/c1-15-14-30-23-26-19(9-22(29)28(15)23)13-25-20-4-2-3-5-21(20)27-24-10-16-6-17(11-24)8-18(7-16)12-24/h2-5,9,14,16-18,25,27H,6-8,10-13H2,1H3. The quantitative estimate of drug-likeness (QED) is 0.606. The highest BCUT2D eigenvalue weighted by Crippen LogP contribution is 2.56. The topological polar surface area (TPSA) is 58.4 Å². The second kappa shape index (κ2) is 6.84. The molecule has 3 aromatic rings. The van der Waals surface area contributed by atoms with Gasteiger partial charge in [0.2, 0.25) is 0 Å². The van der Waals surface area contributed by atoms with E-state index in [9.17, 15) is 4.79 Å². The van der Waals surface area contributed by atoms with Crippen molar-refractivity contribution >= 4 is 27.7 Å². The summed E-state index contributed by atoms with van der Waals surface area (Å²) in [6.45, 7) is 2.49. The monoisotopic (exact) mass is 420 g/mol. The molecule has 0 atom stereocenters. The van der Waals surface area contributed by atoms with Crippen molar-refractivity contribution < 1.29 is 0 Å². The Morgan fingerprint density at radius 2 is 1.77 bits per heavy atom. The molecule has 2 heterocycles. The third-order valence-electron chi connectivity index (χ3n) is 7.45. The van der Waals surface area contributed by atoms with Crippen LogP contribution in [0.1, 0.15) is 49.9 Å². The fourth-order valence-corrected chi connectivity index (χ4v) is 7.56. The van der Waals surface area contributed by atoms with Crippen LogP contribution in [0.25, 0.3) is 4.96 Å².